The van der Waals surface area contributed by atoms with Crippen LogP contribution >= 0.6 is 8.25 Å². The molecular weight excluding hydrogens is 176 g/mol. The lowest BCUT2D eigenvalue weighted by Crippen LogP contribution is -2.12. The Morgan fingerprint density at radius 1 is 1.30 bits per heavy atom. The molecule has 0 bridgehead atoms. The van der Waals surface area contributed by atoms with E-state index in [9.17, 15) is 13.2 Å². The Hall–Kier alpha value is -0.100. The van der Waals surface area contributed by atoms with Gasteiger partial charge in [-0.1, -0.05) is 0 Å². The van der Waals surface area contributed by atoms with Gasteiger partial charge in [0.1, 0.15) is 6.61 Å². The third-order valence-corrected chi connectivity index (χ3v) is 0.179. The number of hydrogen-bond acceptors (Lipinski definition) is 2. The zero-order chi connectivity index (χ0) is 8.78. The van der Waals surface area contributed by atoms with Crippen LogP contribution in [-0.2, 0) is 4.57 Å². The first-order chi connectivity index (χ1) is 4.29. The second-order valence-corrected chi connectivity index (χ2v) is 1.62. The van der Waals surface area contributed by atoms with Gasteiger partial charge in [0, 0.05) is 0 Å². The van der Waals surface area contributed by atoms with E-state index in [4.69, 9.17) is 19.5 Å². The molecule has 0 saturated carbocycles. The van der Waals surface area contributed by atoms with E-state index in [1.807, 2.05) is 0 Å². The predicted octanol–water partition coefficient (Wildman–Crippen LogP) is -0.0983. The molecule has 0 radical (unpaired) electrons. The fraction of sp³-hybridized carbons (Fsp3) is 1.00. The second-order valence-electron chi connectivity index (χ2n) is 1.06. The lowest BCUT2D eigenvalue weighted by Gasteiger charge is -1.95. The summed E-state index contributed by atoms with van der Waals surface area (Å²) in [4.78, 5) is 14.3. The SMILES string of the molecule is O=[PH](O)O.OCC(F)(F)F. The first-order valence-corrected chi connectivity index (χ1v) is 3.19. The first kappa shape index (κ1) is 12.6. The maximum Gasteiger partial charge on any atom is 0.411 e. The highest BCUT2D eigenvalue weighted by Crippen LogP contribution is 2.11. The molecule has 0 aliphatic carbocycles. The highest BCUT2D eigenvalue weighted by molar-refractivity contribution is 7.30. The van der Waals surface area contributed by atoms with Crippen molar-refractivity contribution in [2.45, 2.75) is 6.18 Å². The van der Waals surface area contributed by atoms with E-state index in [-0.39, 0.29) is 0 Å². The van der Waals surface area contributed by atoms with Gasteiger partial charge in [-0.3, -0.25) is 4.57 Å². The van der Waals surface area contributed by atoms with Crippen LogP contribution in [0.1, 0.15) is 0 Å². The number of rotatable bonds is 0. The summed E-state index contributed by atoms with van der Waals surface area (Å²) in [6, 6.07) is 0. The molecule has 0 aromatic rings. The molecule has 0 heterocycles. The molecule has 0 rings (SSSR count). The first-order valence-electron chi connectivity index (χ1n) is 1.89. The summed E-state index contributed by atoms with van der Waals surface area (Å²) in [7, 11) is -3.13. The normalized spacial score (nSPS) is 10.7. The summed E-state index contributed by atoms with van der Waals surface area (Å²) in [5, 5.41) is 7.28. The van der Waals surface area contributed by atoms with Crippen LogP contribution in [0.4, 0.5) is 13.2 Å². The van der Waals surface area contributed by atoms with E-state index < -0.39 is 21.0 Å². The van der Waals surface area contributed by atoms with Crippen molar-refractivity contribution in [2.24, 2.45) is 0 Å². The fourth-order valence-electron chi connectivity index (χ4n) is 0. The Balaban J connectivity index is 0. The lowest BCUT2D eigenvalue weighted by atomic mass is 10.7. The molecule has 0 spiro atoms. The van der Waals surface area contributed by atoms with Crippen LogP contribution in [0.2, 0.25) is 0 Å². The minimum atomic E-state index is -4.40. The fourth-order valence-corrected chi connectivity index (χ4v) is 0. The Kier molecular flexibility index (Phi) is 7.12. The summed E-state index contributed by atoms with van der Waals surface area (Å²) in [6.07, 6.45) is -4.40. The van der Waals surface area contributed by atoms with Crippen LogP contribution in [0, 0.1) is 0 Å². The van der Waals surface area contributed by atoms with Crippen molar-refractivity contribution in [1.29, 1.82) is 0 Å². The van der Waals surface area contributed by atoms with Gasteiger partial charge in [0.15, 0.2) is 0 Å². The quantitative estimate of drug-likeness (QED) is 0.457. The molecule has 0 aromatic carbocycles. The van der Waals surface area contributed by atoms with Crippen LogP contribution in [-0.4, -0.2) is 27.7 Å². The van der Waals surface area contributed by atoms with E-state index in [2.05, 4.69) is 0 Å². The van der Waals surface area contributed by atoms with E-state index in [0.29, 0.717) is 0 Å². The van der Waals surface area contributed by atoms with Crippen LogP contribution < -0.4 is 0 Å². The Morgan fingerprint density at radius 2 is 1.40 bits per heavy atom. The van der Waals surface area contributed by atoms with Crippen molar-refractivity contribution >= 4 is 8.25 Å². The van der Waals surface area contributed by atoms with Crippen molar-refractivity contribution in [1.82, 2.24) is 0 Å². The number of halogens is 3. The van der Waals surface area contributed by atoms with Crippen molar-refractivity contribution < 1.29 is 32.6 Å². The molecule has 64 valence electrons. The number of aliphatic hydroxyl groups is 1. The third kappa shape index (κ3) is 44.7. The molecule has 3 N–H and O–H groups in total. The Morgan fingerprint density at radius 3 is 1.40 bits per heavy atom. The molecular formula is C2H6F3O4P. The van der Waals surface area contributed by atoms with Gasteiger partial charge in [-0.2, -0.15) is 13.2 Å². The van der Waals surface area contributed by atoms with Gasteiger partial charge < -0.3 is 14.9 Å². The average Bonchev–Trinajstić information content (AvgIpc) is 1.63. The molecule has 10 heavy (non-hydrogen) atoms. The topological polar surface area (TPSA) is 77.8 Å². The van der Waals surface area contributed by atoms with E-state index >= 15 is 0 Å². The molecule has 0 saturated heterocycles. The van der Waals surface area contributed by atoms with Gasteiger partial charge in [-0.05, 0) is 0 Å². The molecule has 0 amide bonds. The standard InChI is InChI=1S/C2H3F3O.H3O3P/c3-2(4,5)1-6;1-4(2)3/h6H,1H2;4H,(H2,1,2,3). The second kappa shape index (κ2) is 5.67. The van der Waals surface area contributed by atoms with Crippen molar-refractivity contribution in [3.05, 3.63) is 0 Å². The number of hydrogen-bond donors (Lipinski definition) is 3. The summed E-state index contributed by atoms with van der Waals surface area (Å²) in [6.45, 7) is -1.73. The van der Waals surface area contributed by atoms with E-state index in [0.717, 1.165) is 0 Å². The molecule has 8 heteroatoms. The molecule has 0 unspecified atom stereocenters. The summed E-state index contributed by atoms with van der Waals surface area (Å²) in [5.41, 5.74) is 0. The van der Waals surface area contributed by atoms with Gasteiger partial charge in [0.05, 0.1) is 0 Å². The molecule has 0 aliphatic rings. The summed E-state index contributed by atoms with van der Waals surface area (Å²) < 4.78 is 40.3. The molecule has 0 aromatic heterocycles. The minimum absolute atomic E-state index is 1.73. The van der Waals surface area contributed by atoms with Crippen molar-refractivity contribution in [2.75, 3.05) is 6.61 Å². The maximum absolute atomic E-state index is 10.5. The van der Waals surface area contributed by atoms with Crippen LogP contribution in [0.25, 0.3) is 0 Å². The third-order valence-electron chi connectivity index (χ3n) is 0.179. The molecule has 4 nitrogen and oxygen atoms in total. The van der Waals surface area contributed by atoms with Crippen LogP contribution in [0.15, 0.2) is 0 Å². The monoisotopic (exact) mass is 182 g/mol. The zero-order valence-electron chi connectivity index (χ0n) is 4.59. The van der Waals surface area contributed by atoms with Crippen LogP contribution in [0.3, 0.4) is 0 Å². The van der Waals surface area contributed by atoms with Gasteiger partial charge in [0.2, 0.25) is 0 Å². The highest BCUT2D eigenvalue weighted by atomic mass is 31.1. The predicted molar refractivity (Wildman–Crippen MR) is 26.6 cm³/mol. The number of alkyl halides is 3. The number of aliphatic hydroxyl groups excluding tert-OH is 1. The smallest absolute Gasteiger partial charge is 0.387 e. The van der Waals surface area contributed by atoms with Crippen molar-refractivity contribution in [3.63, 3.8) is 0 Å². The van der Waals surface area contributed by atoms with Gasteiger partial charge in [0.25, 0.3) is 0 Å². The van der Waals surface area contributed by atoms with Gasteiger partial charge in [-0.15, -0.1) is 0 Å². The maximum atomic E-state index is 10.5. The lowest BCUT2D eigenvalue weighted by molar-refractivity contribution is -0.159. The van der Waals surface area contributed by atoms with Crippen molar-refractivity contribution in [3.8, 4) is 0 Å². The molecule has 0 aliphatic heterocycles. The van der Waals surface area contributed by atoms with Crippen LogP contribution in [0.5, 0.6) is 0 Å². The Bertz CT molecular complexity index is 97.2. The van der Waals surface area contributed by atoms with E-state index in [1.54, 1.807) is 0 Å². The minimum Gasteiger partial charge on any atom is -0.387 e. The van der Waals surface area contributed by atoms with Gasteiger partial charge in [-0.25, -0.2) is 0 Å². The van der Waals surface area contributed by atoms with Gasteiger partial charge >= 0.3 is 14.4 Å². The summed E-state index contributed by atoms with van der Waals surface area (Å²) >= 11 is 0. The summed E-state index contributed by atoms with van der Waals surface area (Å²) in [5.74, 6) is 0. The largest absolute Gasteiger partial charge is 0.411 e. The Labute approximate surface area is 54.9 Å². The zero-order valence-corrected chi connectivity index (χ0v) is 5.59. The molecule has 0 fully saturated rings. The molecule has 0 atom stereocenters. The van der Waals surface area contributed by atoms with E-state index in [1.165, 1.54) is 0 Å². The highest BCUT2D eigenvalue weighted by Gasteiger charge is 2.24. The average molecular weight is 182 g/mol.